The molecule has 1 aliphatic heterocycles. The molecule has 0 bridgehead atoms. The Morgan fingerprint density at radius 3 is 2.56 bits per heavy atom. The zero-order chi connectivity index (χ0) is 17.5. The van der Waals surface area contributed by atoms with Crippen molar-refractivity contribution in [2.75, 3.05) is 13.2 Å². The third-order valence-corrected chi connectivity index (χ3v) is 4.09. The van der Waals surface area contributed by atoms with Crippen LogP contribution < -0.4 is 4.74 Å². The standard InChI is InChI=1S/C20H22O5/c21-18(22)11-5-9-16-8-4-10-17(19(16)20-23-12-13-24-20)25-14-15-6-2-1-3-7-15/h1-4,6-8,10,20H,5,9,11-14H2,(H,21,22). The first kappa shape index (κ1) is 17.5. The van der Waals surface area contributed by atoms with Gasteiger partial charge in [-0.05, 0) is 30.0 Å². The average molecular weight is 342 g/mol. The van der Waals surface area contributed by atoms with E-state index in [2.05, 4.69) is 0 Å². The molecule has 1 saturated heterocycles. The average Bonchev–Trinajstić information content (AvgIpc) is 3.15. The van der Waals surface area contributed by atoms with Crippen LogP contribution in [0.15, 0.2) is 48.5 Å². The van der Waals surface area contributed by atoms with Gasteiger partial charge in [-0.3, -0.25) is 4.79 Å². The highest BCUT2D eigenvalue weighted by atomic mass is 16.7. The summed E-state index contributed by atoms with van der Waals surface area (Å²) in [5, 5.41) is 8.86. The lowest BCUT2D eigenvalue weighted by molar-refractivity contribution is -0.137. The van der Waals surface area contributed by atoms with Gasteiger partial charge in [-0.2, -0.15) is 0 Å². The Labute approximate surface area is 147 Å². The normalized spacial score (nSPS) is 14.6. The van der Waals surface area contributed by atoms with Crippen molar-refractivity contribution in [2.24, 2.45) is 0 Å². The summed E-state index contributed by atoms with van der Waals surface area (Å²) >= 11 is 0. The number of carbonyl (C=O) groups is 1. The van der Waals surface area contributed by atoms with Gasteiger partial charge in [-0.1, -0.05) is 42.5 Å². The molecule has 1 N–H and O–H groups in total. The van der Waals surface area contributed by atoms with E-state index in [-0.39, 0.29) is 6.42 Å². The van der Waals surface area contributed by atoms with Crippen LogP contribution in [0.2, 0.25) is 0 Å². The number of carboxylic acids is 1. The van der Waals surface area contributed by atoms with Crippen LogP contribution in [0.1, 0.15) is 35.8 Å². The molecule has 2 aromatic carbocycles. The molecule has 3 rings (SSSR count). The SMILES string of the molecule is O=C(O)CCCc1cccc(OCc2ccccc2)c1C1OCCO1. The number of hydrogen-bond donors (Lipinski definition) is 1. The molecule has 25 heavy (non-hydrogen) atoms. The smallest absolute Gasteiger partial charge is 0.303 e. The second-order valence-corrected chi connectivity index (χ2v) is 5.92. The van der Waals surface area contributed by atoms with E-state index >= 15 is 0 Å². The van der Waals surface area contributed by atoms with Gasteiger partial charge in [0.1, 0.15) is 12.4 Å². The van der Waals surface area contributed by atoms with E-state index in [1.165, 1.54) is 0 Å². The lowest BCUT2D eigenvalue weighted by Gasteiger charge is -2.19. The van der Waals surface area contributed by atoms with Gasteiger partial charge in [0.2, 0.25) is 0 Å². The third-order valence-electron chi connectivity index (χ3n) is 4.09. The van der Waals surface area contributed by atoms with Gasteiger partial charge in [-0.25, -0.2) is 0 Å². The van der Waals surface area contributed by atoms with Crippen LogP contribution >= 0.6 is 0 Å². The molecule has 0 atom stereocenters. The molecule has 1 aliphatic rings. The molecule has 5 heteroatoms. The summed E-state index contributed by atoms with van der Waals surface area (Å²) in [6, 6.07) is 15.8. The predicted molar refractivity (Wildman–Crippen MR) is 92.4 cm³/mol. The first-order chi connectivity index (χ1) is 12.2. The van der Waals surface area contributed by atoms with E-state index < -0.39 is 12.3 Å². The lowest BCUT2D eigenvalue weighted by Crippen LogP contribution is -2.08. The van der Waals surface area contributed by atoms with E-state index in [9.17, 15) is 4.79 Å². The van der Waals surface area contributed by atoms with Crippen molar-refractivity contribution >= 4 is 5.97 Å². The van der Waals surface area contributed by atoms with E-state index in [1.807, 2.05) is 48.5 Å². The molecule has 0 aromatic heterocycles. The van der Waals surface area contributed by atoms with E-state index in [0.29, 0.717) is 32.7 Å². The second-order valence-electron chi connectivity index (χ2n) is 5.92. The van der Waals surface area contributed by atoms with Crippen molar-refractivity contribution < 1.29 is 24.1 Å². The van der Waals surface area contributed by atoms with Crippen molar-refractivity contribution in [3.8, 4) is 5.75 Å². The van der Waals surface area contributed by atoms with Crippen molar-refractivity contribution in [2.45, 2.75) is 32.2 Å². The highest BCUT2D eigenvalue weighted by Crippen LogP contribution is 2.35. The molecule has 0 spiro atoms. The Bertz CT molecular complexity index is 692. The van der Waals surface area contributed by atoms with E-state index in [0.717, 1.165) is 22.4 Å². The molecule has 0 saturated carbocycles. The monoisotopic (exact) mass is 342 g/mol. The second kappa shape index (κ2) is 8.65. The Morgan fingerprint density at radius 1 is 1.08 bits per heavy atom. The predicted octanol–water partition coefficient (Wildman–Crippen LogP) is 3.72. The molecule has 5 nitrogen and oxygen atoms in total. The number of ether oxygens (including phenoxy) is 3. The minimum Gasteiger partial charge on any atom is -0.488 e. The van der Waals surface area contributed by atoms with Gasteiger partial charge in [0.15, 0.2) is 6.29 Å². The van der Waals surface area contributed by atoms with Gasteiger partial charge in [0, 0.05) is 6.42 Å². The Balaban J connectivity index is 1.79. The van der Waals surface area contributed by atoms with Gasteiger partial charge >= 0.3 is 5.97 Å². The fraction of sp³-hybridized carbons (Fsp3) is 0.350. The van der Waals surface area contributed by atoms with Gasteiger partial charge in [0.25, 0.3) is 0 Å². The number of aliphatic carboxylic acids is 1. The Hall–Kier alpha value is -2.37. The van der Waals surface area contributed by atoms with Crippen LogP contribution in [-0.4, -0.2) is 24.3 Å². The molecule has 0 amide bonds. The first-order valence-electron chi connectivity index (χ1n) is 8.47. The van der Waals surface area contributed by atoms with Crippen LogP contribution in [-0.2, 0) is 27.3 Å². The molecule has 1 fully saturated rings. The zero-order valence-corrected chi connectivity index (χ0v) is 14.0. The van der Waals surface area contributed by atoms with Crippen molar-refractivity contribution in [1.82, 2.24) is 0 Å². The number of carboxylic acid groups (broad SMARTS) is 1. The van der Waals surface area contributed by atoms with E-state index in [4.69, 9.17) is 19.3 Å². The summed E-state index contributed by atoms with van der Waals surface area (Å²) in [5.74, 6) is -0.0602. The number of rotatable bonds is 8. The molecule has 132 valence electrons. The number of aryl methyl sites for hydroxylation is 1. The molecule has 0 radical (unpaired) electrons. The quantitative estimate of drug-likeness (QED) is 0.792. The van der Waals surface area contributed by atoms with Gasteiger partial charge < -0.3 is 19.3 Å². The molecule has 1 heterocycles. The van der Waals surface area contributed by atoms with Crippen molar-refractivity contribution in [1.29, 1.82) is 0 Å². The molecule has 0 aliphatic carbocycles. The molecule has 0 unspecified atom stereocenters. The Kier molecular flexibility index (Phi) is 6.04. The maximum Gasteiger partial charge on any atom is 0.303 e. The maximum atomic E-state index is 10.8. The zero-order valence-electron chi connectivity index (χ0n) is 14.0. The number of benzene rings is 2. The van der Waals surface area contributed by atoms with Gasteiger partial charge in [-0.15, -0.1) is 0 Å². The highest BCUT2D eigenvalue weighted by molar-refractivity contribution is 5.66. The summed E-state index contributed by atoms with van der Waals surface area (Å²) in [7, 11) is 0. The van der Waals surface area contributed by atoms with Crippen LogP contribution in [0.25, 0.3) is 0 Å². The fourth-order valence-electron chi connectivity index (χ4n) is 2.89. The summed E-state index contributed by atoms with van der Waals surface area (Å²) in [4.78, 5) is 10.8. The third kappa shape index (κ3) is 4.81. The van der Waals surface area contributed by atoms with Crippen LogP contribution in [0, 0.1) is 0 Å². The minimum absolute atomic E-state index is 0.140. The van der Waals surface area contributed by atoms with Gasteiger partial charge in [0.05, 0.1) is 18.8 Å². The lowest BCUT2D eigenvalue weighted by atomic mass is 10.00. The largest absolute Gasteiger partial charge is 0.488 e. The van der Waals surface area contributed by atoms with Crippen LogP contribution in [0.4, 0.5) is 0 Å². The minimum atomic E-state index is -0.786. The maximum absolute atomic E-state index is 10.8. The topological polar surface area (TPSA) is 65.0 Å². The fourth-order valence-corrected chi connectivity index (χ4v) is 2.89. The Morgan fingerprint density at radius 2 is 1.84 bits per heavy atom. The van der Waals surface area contributed by atoms with Crippen molar-refractivity contribution in [3.05, 3.63) is 65.2 Å². The van der Waals surface area contributed by atoms with Crippen molar-refractivity contribution in [3.63, 3.8) is 0 Å². The summed E-state index contributed by atoms with van der Waals surface area (Å²) < 4.78 is 17.4. The van der Waals surface area contributed by atoms with Crippen LogP contribution in [0.5, 0.6) is 5.75 Å². The summed E-state index contributed by atoms with van der Waals surface area (Å²) in [6.07, 6.45) is 0.901. The van der Waals surface area contributed by atoms with Crippen LogP contribution in [0.3, 0.4) is 0 Å². The summed E-state index contributed by atoms with van der Waals surface area (Å²) in [6.45, 7) is 1.55. The molecular formula is C20H22O5. The molecule has 2 aromatic rings. The highest BCUT2D eigenvalue weighted by Gasteiger charge is 2.25. The summed E-state index contributed by atoms with van der Waals surface area (Å²) in [5.41, 5.74) is 2.97. The molecular weight excluding hydrogens is 320 g/mol. The van der Waals surface area contributed by atoms with E-state index in [1.54, 1.807) is 0 Å². The first-order valence-corrected chi connectivity index (χ1v) is 8.47. The number of hydrogen-bond acceptors (Lipinski definition) is 4.